The van der Waals surface area contributed by atoms with Gasteiger partial charge in [-0.15, -0.1) is 0 Å². The number of esters is 1. The van der Waals surface area contributed by atoms with E-state index in [1.807, 2.05) is 13.0 Å². The fourth-order valence-corrected chi connectivity index (χ4v) is 1.78. The number of hydrogen-bond donors (Lipinski definition) is 0. The van der Waals surface area contributed by atoms with E-state index in [1.54, 1.807) is 25.1 Å². The highest BCUT2D eigenvalue weighted by atomic mass is 16.7. The van der Waals surface area contributed by atoms with Crippen molar-refractivity contribution < 1.29 is 14.3 Å². The number of carbonyl (C=O) groups is 1. The Labute approximate surface area is 89.0 Å². The molecule has 0 saturated carbocycles. The molecular formula is C12H14O3. The zero-order valence-corrected chi connectivity index (χ0v) is 8.95. The largest absolute Gasteiger partial charge is 0.452 e. The zero-order chi connectivity index (χ0) is 10.9. The summed E-state index contributed by atoms with van der Waals surface area (Å²) >= 11 is 0. The molecule has 1 aliphatic heterocycles. The summed E-state index contributed by atoms with van der Waals surface area (Å²) in [6.45, 7) is 3.83. The van der Waals surface area contributed by atoms with Gasteiger partial charge in [0.25, 0.3) is 5.79 Å². The lowest BCUT2D eigenvalue weighted by atomic mass is 10.1. The molecule has 15 heavy (non-hydrogen) atoms. The molecule has 0 bridgehead atoms. The average Bonchev–Trinajstić information content (AvgIpc) is 2.17. The van der Waals surface area contributed by atoms with Crippen molar-refractivity contribution in [1.29, 1.82) is 0 Å². The van der Waals surface area contributed by atoms with Gasteiger partial charge in [0.1, 0.15) is 11.3 Å². The van der Waals surface area contributed by atoms with Crippen molar-refractivity contribution in [3.05, 3.63) is 29.8 Å². The summed E-state index contributed by atoms with van der Waals surface area (Å²) in [4.78, 5) is 11.7. The molecule has 2 rings (SSSR count). The van der Waals surface area contributed by atoms with Crippen LogP contribution in [0.15, 0.2) is 24.3 Å². The van der Waals surface area contributed by atoms with Crippen LogP contribution in [0.3, 0.4) is 0 Å². The molecule has 1 aromatic rings. The Morgan fingerprint density at radius 2 is 2.00 bits per heavy atom. The van der Waals surface area contributed by atoms with Crippen LogP contribution in [0, 0.1) is 0 Å². The average molecular weight is 206 g/mol. The van der Waals surface area contributed by atoms with Gasteiger partial charge in [-0.3, -0.25) is 0 Å². The molecule has 3 heteroatoms. The van der Waals surface area contributed by atoms with E-state index in [-0.39, 0.29) is 5.97 Å². The van der Waals surface area contributed by atoms with Gasteiger partial charge in [0.15, 0.2) is 0 Å². The van der Waals surface area contributed by atoms with Gasteiger partial charge < -0.3 is 9.47 Å². The Balaban J connectivity index is 2.34. The monoisotopic (exact) mass is 206 g/mol. The van der Waals surface area contributed by atoms with Crippen LogP contribution < -0.4 is 4.74 Å². The van der Waals surface area contributed by atoms with Crippen LogP contribution in [0.1, 0.15) is 37.0 Å². The molecule has 0 saturated heterocycles. The second kappa shape index (κ2) is 3.57. The van der Waals surface area contributed by atoms with Crippen LogP contribution in [0.25, 0.3) is 0 Å². The molecule has 1 aromatic carbocycles. The topological polar surface area (TPSA) is 35.5 Å². The SMILES string of the molecule is CCCC1(C)OC(=O)c2ccccc2O1. The maximum absolute atomic E-state index is 11.7. The number of carbonyl (C=O) groups excluding carboxylic acids is 1. The number of ether oxygens (including phenoxy) is 2. The van der Waals surface area contributed by atoms with Gasteiger partial charge in [-0.2, -0.15) is 0 Å². The Hall–Kier alpha value is -1.51. The van der Waals surface area contributed by atoms with Crippen molar-refractivity contribution in [2.75, 3.05) is 0 Å². The maximum atomic E-state index is 11.7. The minimum absolute atomic E-state index is 0.298. The van der Waals surface area contributed by atoms with Crippen molar-refractivity contribution >= 4 is 5.97 Å². The van der Waals surface area contributed by atoms with E-state index >= 15 is 0 Å². The predicted molar refractivity (Wildman–Crippen MR) is 55.8 cm³/mol. The van der Waals surface area contributed by atoms with Gasteiger partial charge in [0.05, 0.1) is 0 Å². The Morgan fingerprint density at radius 1 is 1.27 bits per heavy atom. The smallest absolute Gasteiger partial charge is 0.345 e. The van der Waals surface area contributed by atoms with Crippen molar-refractivity contribution in [1.82, 2.24) is 0 Å². The Bertz CT molecular complexity index is 386. The van der Waals surface area contributed by atoms with Crippen molar-refractivity contribution in [3.63, 3.8) is 0 Å². The first-order valence-electron chi connectivity index (χ1n) is 5.16. The molecular weight excluding hydrogens is 192 g/mol. The van der Waals surface area contributed by atoms with E-state index in [9.17, 15) is 4.79 Å². The van der Waals surface area contributed by atoms with Crippen LogP contribution >= 0.6 is 0 Å². The second-order valence-corrected chi connectivity index (χ2v) is 3.87. The normalized spacial score (nSPS) is 24.0. The molecule has 0 amide bonds. The van der Waals surface area contributed by atoms with E-state index in [1.165, 1.54) is 0 Å². The minimum atomic E-state index is -0.805. The number of benzene rings is 1. The third-order valence-corrected chi connectivity index (χ3v) is 2.45. The summed E-state index contributed by atoms with van der Waals surface area (Å²) in [5, 5.41) is 0. The van der Waals surface area contributed by atoms with Crippen LogP contribution in [-0.4, -0.2) is 11.8 Å². The van der Waals surface area contributed by atoms with Gasteiger partial charge >= 0.3 is 5.97 Å². The summed E-state index contributed by atoms with van der Waals surface area (Å²) < 4.78 is 11.0. The minimum Gasteiger partial charge on any atom is -0.452 e. The lowest BCUT2D eigenvalue weighted by Crippen LogP contribution is -2.41. The van der Waals surface area contributed by atoms with E-state index < -0.39 is 5.79 Å². The standard InChI is InChI=1S/C12H14O3/c1-3-8-12(2)14-10-7-5-4-6-9(10)11(13)15-12/h4-7H,3,8H2,1-2H3. The molecule has 0 N–H and O–H groups in total. The lowest BCUT2D eigenvalue weighted by molar-refractivity contribution is -0.145. The highest BCUT2D eigenvalue weighted by Crippen LogP contribution is 2.33. The summed E-state index contributed by atoms with van der Waals surface area (Å²) in [7, 11) is 0. The first kappa shape index (κ1) is 10.0. The van der Waals surface area contributed by atoms with Crippen LogP contribution in [0.2, 0.25) is 0 Å². The van der Waals surface area contributed by atoms with Gasteiger partial charge in [-0.1, -0.05) is 19.1 Å². The second-order valence-electron chi connectivity index (χ2n) is 3.87. The van der Waals surface area contributed by atoms with Gasteiger partial charge in [-0.25, -0.2) is 4.79 Å². The number of hydrogen-bond acceptors (Lipinski definition) is 3. The highest BCUT2D eigenvalue weighted by molar-refractivity contribution is 5.93. The van der Waals surface area contributed by atoms with Crippen molar-refractivity contribution in [2.45, 2.75) is 32.5 Å². The first-order valence-corrected chi connectivity index (χ1v) is 5.16. The van der Waals surface area contributed by atoms with Gasteiger partial charge in [-0.05, 0) is 18.6 Å². The number of fused-ring (bicyclic) bond motifs is 1. The molecule has 0 aromatic heterocycles. The molecule has 3 nitrogen and oxygen atoms in total. The fraction of sp³-hybridized carbons (Fsp3) is 0.417. The van der Waals surface area contributed by atoms with Crippen LogP contribution in [-0.2, 0) is 4.74 Å². The third-order valence-electron chi connectivity index (χ3n) is 2.45. The summed E-state index contributed by atoms with van der Waals surface area (Å²) in [5.74, 6) is -0.488. The lowest BCUT2D eigenvalue weighted by Gasteiger charge is -2.34. The number of rotatable bonds is 2. The molecule has 0 fully saturated rings. The van der Waals surface area contributed by atoms with Gasteiger partial charge in [0, 0.05) is 13.3 Å². The maximum Gasteiger partial charge on any atom is 0.345 e. The third kappa shape index (κ3) is 1.82. The molecule has 1 heterocycles. The summed E-state index contributed by atoms with van der Waals surface area (Å²) in [6.07, 6.45) is 1.61. The molecule has 80 valence electrons. The van der Waals surface area contributed by atoms with E-state index in [0.29, 0.717) is 17.7 Å². The predicted octanol–water partition coefficient (Wildman–Crippen LogP) is 2.75. The van der Waals surface area contributed by atoms with E-state index in [0.717, 1.165) is 6.42 Å². The van der Waals surface area contributed by atoms with Crippen LogP contribution in [0.4, 0.5) is 0 Å². The quantitative estimate of drug-likeness (QED) is 0.698. The van der Waals surface area contributed by atoms with E-state index in [4.69, 9.17) is 9.47 Å². The fourth-order valence-electron chi connectivity index (χ4n) is 1.78. The van der Waals surface area contributed by atoms with Crippen molar-refractivity contribution in [3.8, 4) is 5.75 Å². The summed E-state index contributed by atoms with van der Waals surface area (Å²) in [5.41, 5.74) is 0.506. The van der Waals surface area contributed by atoms with E-state index in [2.05, 4.69) is 0 Å². The Morgan fingerprint density at radius 3 is 2.73 bits per heavy atom. The molecule has 1 atom stereocenters. The highest BCUT2D eigenvalue weighted by Gasteiger charge is 2.36. The summed E-state index contributed by atoms with van der Waals surface area (Å²) in [6, 6.07) is 7.16. The molecule has 1 unspecified atom stereocenters. The first-order chi connectivity index (χ1) is 7.14. The molecule has 0 aliphatic carbocycles. The zero-order valence-electron chi connectivity index (χ0n) is 8.95. The molecule has 0 radical (unpaired) electrons. The molecule has 1 aliphatic rings. The number of cyclic esters (lactones) is 1. The Kier molecular flexibility index (Phi) is 2.39. The van der Waals surface area contributed by atoms with Crippen molar-refractivity contribution in [2.24, 2.45) is 0 Å². The number of para-hydroxylation sites is 1. The molecule has 0 spiro atoms. The van der Waals surface area contributed by atoms with Gasteiger partial charge in [0.2, 0.25) is 0 Å². The van der Waals surface area contributed by atoms with Crippen LogP contribution in [0.5, 0.6) is 5.75 Å².